The van der Waals surface area contributed by atoms with E-state index in [1.54, 1.807) is 31.4 Å². The molecule has 0 radical (unpaired) electrons. The first-order chi connectivity index (χ1) is 16.1. The van der Waals surface area contributed by atoms with Crippen molar-refractivity contribution in [2.75, 3.05) is 19.0 Å². The molecule has 0 aliphatic rings. The number of nitrogens with two attached hydrogens (primary N) is 1. The number of benzene rings is 2. The van der Waals surface area contributed by atoms with Gasteiger partial charge in [-0.05, 0) is 43.7 Å². The van der Waals surface area contributed by atoms with Gasteiger partial charge in [0.25, 0.3) is 5.89 Å². The van der Waals surface area contributed by atoms with Crippen molar-refractivity contribution >= 4 is 45.6 Å². The molecular weight excluding hydrogens is 467 g/mol. The lowest BCUT2D eigenvalue weighted by Crippen LogP contribution is -2.01. The van der Waals surface area contributed by atoms with Crippen LogP contribution in [0.2, 0.25) is 10.0 Å². The monoisotopic (exact) mass is 488 g/mol. The summed E-state index contributed by atoms with van der Waals surface area (Å²) in [6, 6.07) is 8.82. The molecule has 0 aliphatic carbocycles. The molecule has 0 aliphatic heterocycles. The van der Waals surface area contributed by atoms with E-state index in [-0.39, 0.29) is 6.61 Å². The predicted octanol–water partition coefficient (Wildman–Crippen LogP) is 4.93. The summed E-state index contributed by atoms with van der Waals surface area (Å²) in [6.07, 6.45) is 4.00. The maximum Gasteiger partial charge on any atom is 0.264 e. The molecule has 11 heteroatoms. The first-order valence-corrected chi connectivity index (χ1v) is 11.0. The van der Waals surface area contributed by atoms with Crippen molar-refractivity contribution in [3.8, 4) is 11.5 Å². The SMILES string of the molecule is COc1cc2c(Nc3ccc(Cl)c(Cl)c3)ncnc2cc1OCc1nc(CCCCN)no1. The second-order valence-electron chi connectivity index (χ2n) is 7.14. The van der Waals surface area contributed by atoms with Gasteiger partial charge in [-0.1, -0.05) is 28.4 Å². The number of rotatable bonds is 10. The lowest BCUT2D eigenvalue weighted by molar-refractivity contribution is 0.233. The van der Waals surface area contributed by atoms with Crippen LogP contribution in [0.4, 0.5) is 11.5 Å². The first kappa shape index (κ1) is 23.0. The molecule has 0 bridgehead atoms. The van der Waals surface area contributed by atoms with E-state index in [1.165, 1.54) is 6.33 Å². The van der Waals surface area contributed by atoms with E-state index in [9.17, 15) is 0 Å². The summed E-state index contributed by atoms with van der Waals surface area (Å²) in [5.74, 6) is 2.61. The topological polar surface area (TPSA) is 121 Å². The second kappa shape index (κ2) is 10.7. The molecule has 33 heavy (non-hydrogen) atoms. The fraction of sp³-hybridized carbons (Fsp3) is 0.273. The molecule has 4 aromatic rings. The van der Waals surface area contributed by atoms with Crippen LogP contribution in [-0.2, 0) is 13.0 Å². The van der Waals surface area contributed by atoms with E-state index in [1.807, 2.05) is 6.07 Å². The van der Waals surface area contributed by atoms with Crippen molar-refractivity contribution in [1.82, 2.24) is 20.1 Å². The van der Waals surface area contributed by atoms with E-state index in [4.69, 9.17) is 42.9 Å². The van der Waals surface area contributed by atoms with Crippen LogP contribution in [-0.4, -0.2) is 33.8 Å². The summed E-state index contributed by atoms with van der Waals surface area (Å²) in [6.45, 7) is 0.745. The fourth-order valence-electron chi connectivity index (χ4n) is 3.16. The molecule has 0 fully saturated rings. The Morgan fingerprint density at radius 1 is 1.06 bits per heavy atom. The Kier molecular flexibility index (Phi) is 7.43. The van der Waals surface area contributed by atoms with Crippen molar-refractivity contribution in [3.05, 3.63) is 58.4 Å². The molecule has 2 aromatic carbocycles. The molecule has 0 spiro atoms. The molecule has 2 aromatic heterocycles. The van der Waals surface area contributed by atoms with Crippen LogP contribution in [0.3, 0.4) is 0 Å². The average molecular weight is 489 g/mol. The van der Waals surface area contributed by atoms with Crippen LogP contribution in [0, 0.1) is 0 Å². The number of methoxy groups -OCH3 is 1. The normalized spacial score (nSPS) is 11.0. The molecule has 3 N–H and O–H groups in total. The van der Waals surface area contributed by atoms with Crippen molar-refractivity contribution in [2.45, 2.75) is 25.9 Å². The molecule has 4 rings (SSSR count). The number of anilines is 2. The number of unbranched alkanes of at least 4 members (excludes halogenated alkanes) is 1. The standard InChI is InChI=1S/C22H22Cl2N6O3/c1-31-18-9-14-17(26-12-27-22(14)28-13-5-6-15(23)16(24)8-13)10-19(18)32-11-21-29-20(30-33-21)4-2-3-7-25/h5-6,8-10,12H,2-4,7,11,25H2,1H3,(H,26,27,28). The first-order valence-electron chi connectivity index (χ1n) is 10.3. The van der Waals surface area contributed by atoms with Gasteiger partial charge in [0, 0.05) is 23.6 Å². The highest BCUT2D eigenvalue weighted by Crippen LogP contribution is 2.35. The molecule has 172 valence electrons. The van der Waals surface area contributed by atoms with Gasteiger partial charge in [-0.3, -0.25) is 0 Å². The molecule has 9 nitrogen and oxygen atoms in total. The molecule has 0 saturated carbocycles. The van der Waals surface area contributed by atoms with Gasteiger partial charge in [0.05, 0.1) is 22.7 Å². The summed E-state index contributed by atoms with van der Waals surface area (Å²) in [5, 5.41) is 8.87. The minimum atomic E-state index is 0.102. The molecule has 0 saturated heterocycles. The number of ether oxygens (including phenoxy) is 2. The minimum absolute atomic E-state index is 0.102. The van der Waals surface area contributed by atoms with Crippen LogP contribution in [0.25, 0.3) is 10.9 Å². The number of nitrogens with one attached hydrogen (secondary N) is 1. The predicted molar refractivity (Wildman–Crippen MR) is 126 cm³/mol. The number of hydrogen-bond donors (Lipinski definition) is 2. The molecule has 0 atom stereocenters. The second-order valence-corrected chi connectivity index (χ2v) is 7.95. The lowest BCUT2D eigenvalue weighted by atomic mass is 10.2. The van der Waals surface area contributed by atoms with Crippen LogP contribution in [0.15, 0.2) is 41.2 Å². The highest BCUT2D eigenvalue weighted by Gasteiger charge is 2.14. The molecule has 0 amide bonds. The summed E-state index contributed by atoms with van der Waals surface area (Å²) < 4.78 is 16.7. The van der Waals surface area contributed by atoms with Gasteiger partial charge in [0.2, 0.25) is 0 Å². The van der Waals surface area contributed by atoms with Crippen molar-refractivity contribution < 1.29 is 14.0 Å². The Hall–Kier alpha value is -3.14. The summed E-state index contributed by atoms with van der Waals surface area (Å²) >= 11 is 12.1. The third kappa shape index (κ3) is 5.62. The zero-order chi connectivity index (χ0) is 23.2. The van der Waals surface area contributed by atoms with Gasteiger partial charge in [0.15, 0.2) is 23.9 Å². The summed E-state index contributed by atoms with van der Waals surface area (Å²) in [5.41, 5.74) is 6.92. The number of nitrogens with zero attached hydrogens (tertiary/aromatic N) is 4. The zero-order valence-corrected chi connectivity index (χ0v) is 19.4. The van der Waals surface area contributed by atoms with Crippen LogP contribution in [0.1, 0.15) is 24.6 Å². The highest BCUT2D eigenvalue weighted by atomic mass is 35.5. The van der Waals surface area contributed by atoms with E-state index >= 15 is 0 Å². The van der Waals surface area contributed by atoms with E-state index in [0.29, 0.717) is 57.6 Å². The maximum atomic E-state index is 6.12. The van der Waals surface area contributed by atoms with Gasteiger partial charge in [-0.2, -0.15) is 4.98 Å². The zero-order valence-electron chi connectivity index (χ0n) is 17.8. The van der Waals surface area contributed by atoms with Crippen molar-refractivity contribution in [1.29, 1.82) is 0 Å². The number of fused-ring (bicyclic) bond motifs is 1. The highest BCUT2D eigenvalue weighted by molar-refractivity contribution is 6.42. The van der Waals surface area contributed by atoms with Crippen LogP contribution < -0.4 is 20.5 Å². The van der Waals surface area contributed by atoms with Crippen LogP contribution >= 0.6 is 23.2 Å². The van der Waals surface area contributed by atoms with Gasteiger partial charge >= 0.3 is 0 Å². The minimum Gasteiger partial charge on any atom is -0.493 e. The Labute approximate surface area is 200 Å². The van der Waals surface area contributed by atoms with Gasteiger partial charge in [-0.25, -0.2) is 9.97 Å². The lowest BCUT2D eigenvalue weighted by Gasteiger charge is -2.13. The Balaban J connectivity index is 1.53. The van der Waals surface area contributed by atoms with Gasteiger partial charge < -0.3 is 25.0 Å². The number of halogens is 2. The average Bonchev–Trinajstić information content (AvgIpc) is 3.27. The Morgan fingerprint density at radius 3 is 2.73 bits per heavy atom. The summed E-state index contributed by atoms with van der Waals surface area (Å²) in [4.78, 5) is 13.1. The van der Waals surface area contributed by atoms with E-state index < -0.39 is 0 Å². The molecular formula is C22H22Cl2N6O3. The molecule has 2 heterocycles. The largest absolute Gasteiger partial charge is 0.493 e. The fourth-order valence-corrected chi connectivity index (χ4v) is 3.46. The quantitative estimate of drug-likeness (QED) is 0.299. The van der Waals surface area contributed by atoms with Gasteiger partial charge in [-0.15, -0.1) is 0 Å². The van der Waals surface area contributed by atoms with E-state index in [2.05, 4.69) is 25.4 Å². The van der Waals surface area contributed by atoms with Crippen LogP contribution in [0.5, 0.6) is 11.5 Å². The van der Waals surface area contributed by atoms with Gasteiger partial charge in [0.1, 0.15) is 12.1 Å². The third-order valence-electron chi connectivity index (χ3n) is 4.82. The number of hydrogen-bond acceptors (Lipinski definition) is 9. The third-order valence-corrected chi connectivity index (χ3v) is 5.56. The Morgan fingerprint density at radius 2 is 1.94 bits per heavy atom. The van der Waals surface area contributed by atoms with Crippen molar-refractivity contribution in [2.24, 2.45) is 5.73 Å². The smallest absolute Gasteiger partial charge is 0.264 e. The van der Waals surface area contributed by atoms with Crippen molar-refractivity contribution in [3.63, 3.8) is 0 Å². The maximum absolute atomic E-state index is 6.12. The number of aryl methyl sites for hydroxylation is 1. The summed E-state index contributed by atoms with van der Waals surface area (Å²) in [7, 11) is 1.56. The molecule has 0 unspecified atom stereocenters. The number of aromatic nitrogens is 4. The van der Waals surface area contributed by atoms with E-state index in [0.717, 1.165) is 23.9 Å². The Bertz CT molecular complexity index is 1250.